The van der Waals surface area contributed by atoms with Gasteiger partial charge in [0.05, 0.1) is 16.1 Å². The number of hydrogen-bond donors (Lipinski definition) is 0. The average Bonchev–Trinajstić information content (AvgIpc) is 3.81. The van der Waals surface area contributed by atoms with E-state index in [2.05, 4.69) is 187 Å². The Hall–Kier alpha value is -6.68. The van der Waals surface area contributed by atoms with E-state index in [0.29, 0.717) is 0 Å². The third kappa shape index (κ3) is 4.78. The number of thiophene rings is 1. The van der Waals surface area contributed by atoms with Crippen molar-refractivity contribution in [1.29, 1.82) is 0 Å². The molecule has 0 saturated carbocycles. The fourth-order valence-electron chi connectivity index (χ4n) is 8.19. The van der Waals surface area contributed by atoms with E-state index in [4.69, 9.17) is 4.42 Å². The summed E-state index contributed by atoms with van der Waals surface area (Å²) in [6.07, 6.45) is 0. The molecule has 2 nitrogen and oxygen atoms in total. The summed E-state index contributed by atoms with van der Waals surface area (Å²) in [6.45, 7) is 0. The molecule has 0 radical (unpaired) electrons. The topological polar surface area (TPSA) is 16.4 Å². The normalized spacial score (nSPS) is 11.8. The summed E-state index contributed by atoms with van der Waals surface area (Å²) in [7, 11) is 0. The molecule has 0 amide bonds. The minimum absolute atomic E-state index is 0.917. The quantitative estimate of drug-likeness (QED) is 0.178. The summed E-state index contributed by atoms with van der Waals surface area (Å²) in [5, 5.41) is 9.71. The molecule has 0 aliphatic carbocycles. The summed E-state index contributed by atoms with van der Waals surface area (Å²) in [4.78, 5) is 2.46. The van der Waals surface area contributed by atoms with Crippen LogP contribution in [0.3, 0.4) is 0 Å². The molecule has 3 heteroatoms. The molecule has 0 aliphatic rings. The van der Waals surface area contributed by atoms with Crippen molar-refractivity contribution in [2.75, 3.05) is 4.90 Å². The maximum atomic E-state index is 6.28. The zero-order valence-corrected chi connectivity index (χ0v) is 29.5. The minimum atomic E-state index is 0.917. The highest BCUT2D eigenvalue weighted by atomic mass is 32.1. The van der Waals surface area contributed by atoms with E-state index in [0.717, 1.165) is 27.9 Å². The van der Waals surface area contributed by atoms with Crippen molar-refractivity contribution in [2.45, 2.75) is 0 Å². The standard InChI is InChI=1S/C50H31NOS/c1-2-11-32(12-3-1)33-23-26-36(27-24-33)51(45-18-10-17-41-40-15-7-9-20-48(40)53-50(41)45)44-29-28-37(38-13-4-5-14-39(38)44)35-22-21-34-25-30-47-49(43(34)31-35)42-16-6-8-19-46(42)52-47/h1-31H. The van der Waals surface area contributed by atoms with E-state index in [-0.39, 0.29) is 0 Å². The fraction of sp³-hybridized carbons (Fsp3) is 0. The van der Waals surface area contributed by atoms with Gasteiger partial charge in [-0.2, -0.15) is 0 Å². The molecule has 11 aromatic rings. The minimum Gasteiger partial charge on any atom is -0.456 e. The van der Waals surface area contributed by atoms with Crippen molar-refractivity contribution >= 4 is 92.1 Å². The SMILES string of the molecule is c1ccc(-c2ccc(N(c3ccc(-c4ccc5ccc6oc7ccccc7c6c5c4)c4ccccc34)c3cccc4c3sc3ccccc34)cc2)cc1. The second-order valence-corrected chi connectivity index (χ2v) is 14.7. The predicted molar refractivity (Wildman–Crippen MR) is 227 cm³/mol. The van der Waals surface area contributed by atoms with Crippen molar-refractivity contribution in [3.05, 3.63) is 188 Å². The Kier molecular flexibility index (Phi) is 6.76. The first-order chi connectivity index (χ1) is 26.3. The van der Waals surface area contributed by atoms with Gasteiger partial charge in [-0.05, 0) is 86.9 Å². The number of furan rings is 1. The number of fused-ring (bicyclic) bond motifs is 9. The molecule has 0 aliphatic heterocycles. The highest BCUT2D eigenvalue weighted by molar-refractivity contribution is 7.26. The lowest BCUT2D eigenvalue weighted by molar-refractivity contribution is 0.669. The molecule has 0 unspecified atom stereocenters. The molecule has 0 spiro atoms. The van der Waals surface area contributed by atoms with E-state index in [1.807, 2.05) is 17.4 Å². The number of rotatable bonds is 5. The zero-order valence-electron chi connectivity index (χ0n) is 28.7. The van der Waals surface area contributed by atoms with Crippen LogP contribution in [0.1, 0.15) is 0 Å². The lowest BCUT2D eigenvalue weighted by Gasteiger charge is -2.28. The molecule has 11 rings (SSSR count). The van der Waals surface area contributed by atoms with Crippen molar-refractivity contribution in [3.8, 4) is 22.3 Å². The number of anilines is 3. The smallest absolute Gasteiger partial charge is 0.136 e. The van der Waals surface area contributed by atoms with Gasteiger partial charge in [0.25, 0.3) is 0 Å². The van der Waals surface area contributed by atoms with Gasteiger partial charge in [0.1, 0.15) is 11.2 Å². The maximum Gasteiger partial charge on any atom is 0.136 e. The fourth-order valence-corrected chi connectivity index (χ4v) is 9.40. The summed E-state index contributed by atoms with van der Waals surface area (Å²) >= 11 is 1.87. The molecule has 2 aromatic heterocycles. The van der Waals surface area contributed by atoms with Crippen molar-refractivity contribution in [2.24, 2.45) is 0 Å². The summed E-state index contributed by atoms with van der Waals surface area (Å²) < 4.78 is 8.85. The van der Waals surface area contributed by atoms with Crippen molar-refractivity contribution < 1.29 is 4.42 Å². The Bertz CT molecular complexity index is 3170. The van der Waals surface area contributed by atoms with Crippen LogP contribution in [-0.2, 0) is 0 Å². The number of hydrogen-bond acceptors (Lipinski definition) is 3. The average molecular weight is 694 g/mol. The molecular weight excluding hydrogens is 663 g/mol. The summed E-state index contributed by atoms with van der Waals surface area (Å²) in [5.74, 6) is 0. The van der Waals surface area contributed by atoms with Crippen LogP contribution in [0.25, 0.3) is 85.9 Å². The predicted octanol–water partition coefficient (Wildman–Crippen LogP) is 15.1. The van der Waals surface area contributed by atoms with Gasteiger partial charge in [0.2, 0.25) is 0 Å². The molecule has 2 heterocycles. The highest BCUT2D eigenvalue weighted by Crippen LogP contribution is 2.48. The lowest BCUT2D eigenvalue weighted by atomic mass is 9.93. The van der Waals surface area contributed by atoms with Crippen molar-refractivity contribution in [3.63, 3.8) is 0 Å². The van der Waals surface area contributed by atoms with Gasteiger partial charge in [-0.3, -0.25) is 0 Å². The van der Waals surface area contributed by atoms with Crippen LogP contribution in [0, 0.1) is 0 Å². The van der Waals surface area contributed by atoms with E-state index in [9.17, 15) is 0 Å². The van der Waals surface area contributed by atoms with Crippen LogP contribution in [0.2, 0.25) is 0 Å². The van der Waals surface area contributed by atoms with Gasteiger partial charge in [-0.25, -0.2) is 0 Å². The molecule has 0 saturated heterocycles. The van der Waals surface area contributed by atoms with Gasteiger partial charge < -0.3 is 9.32 Å². The summed E-state index contributed by atoms with van der Waals surface area (Å²) in [6, 6.07) is 68.0. The Labute approximate surface area is 310 Å². The third-order valence-electron chi connectivity index (χ3n) is 10.7. The molecule has 0 fully saturated rings. The molecular formula is C50H31NOS. The first-order valence-electron chi connectivity index (χ1n) is 18.0. The van der Waals surface area contributed by atoms with E-state index < -0.39 is 0 Å². The van der Waals surface area contributed by atoms with E-state index in [1.54, 1.807) is 0 Å². The molecule has 0 bridgehead atoms. The van der Waals surface area contributed by atoms with Crippen LogP contribution in [-0.4, -0.2) is 0 Å². The maximum absolute atomic E-state index is 6.28. The summed E-state index contributed by atoms with van der Waals surface area (Å²) in [5.41, 5.74) is 10.1. The molecule has 53 heavy (non-hydrogen) atoms. The molecule has 248 valence electrons. The first kappa shape index (κ1) is 30.0. The monoisotopic (exact) mass is 693 g/mol. The van der Waals surface area contributed by atoms with Crippen molar-refractivity contribution in [1.82, 2.24) is 0 Å². The van der Waals surface area contributed by atoms with Crippen LogP contribution < -0.4 is 4.90 Å². The van der Waals surface area contributed by atoms with Crippen LogP contribution in [0.4, 0.5) is 17.1 Å². The van der Waals surface area contributed by atoms with E-state index >= 15 is 0 Å². The van der Waals surface area contributed by atoms with Gasteiger partial charge in [0.15, 0.2) is 0 Å². The van der Waals surface area contributed by atoms with Crippen LogP contribution in [0.15, 0.2) is 192 Å². The highest BCUT2D eigenvalue weighted by Gasteiger charge is 2.21. The zero-order chi connectivity index (χ0) is 34.9. The third-order valence-corrected chi connectivity index (χ3v) is 11.9. The van der Waals surface area contributed by atoms with E-state index in [1.165, 1.54) is 75.0 Å². The van der Waals surface area contributed by atoms with Gasteiger partial charge in [0, 0.05) is 37.3 Å². The van der Waals surface area contributed by atoms with Crippen LogP contribution >= 0.6 is 11.3 Å². The second-order valence-electron chi connectivity index (χ2n) is 13.7. The van der Waals surface area contributed by atoms with Crippen LogP contribution in [0.5, 0.6) is 0 Å². The number of benzene rings is 9. The second kappa shape index (κ2) is 11.9. The van der Waals surface area contributed by atoms with Gasteiger partial charge in [-0.1, -0.05) is 140 Å². The first-order valence-corrected chi connectivity index (χ1v) is 18.8. The number of nitrogens with zero attached hydrogens (tertiary/aromatic N) is 1. The molecule has 0 atom stereocenters. The Morgan fingerprint density at radius 3 is 1.94 bits per heavy atom. The lowest BCUT2D eigenvalue weighted by Crippen LogP contribution is -2.10. The van der Waals surface area contributed by atoms with Gasteiger partial charge >= 0.3 is 0 Å². The Morgan fingerprint density at radius 2 is 1.08 bits per heavy atom. The molecule has 9 aromatic carbocycles. The Morgan fingerprint density at radius 1 is 0.396 bits per heavy atom. The molecule has 0 N–H and O–H groups in total. The Balaban J connectivity index is 1.13. The number of para-hydroxylation sites is 1. The van der Waals surface area contributed by atoms with Gasteiger partial charge in [-0.15, -0.1) is 11.3 Å². The largest absolute Gasteiger partial charge is 0.456 e.